The van der Waals surface area contributed by atoms with Crippen molar-refractivity contribution in [2.75, 3.05) is 25.9 Å². The van der Waals surface area contributed by atoms with Crippen molar-refractivity contribution < 1.29 is 23.1 Å². The summed E-state index contributed by atoms with van der Waals surface area (Å²) in [4.78, 5) is 26.8. The van der Waals surface area contributed by atoms with Crippen molar-refractivity contribution in [3.8, 4) is 0 Å². The Morgan fingerprint density at radius 1 is 0.915 bits per heavy atom. The maximum absolute atomic E-state index is 13.3. The number of nitrogens with zero attached hydrogens (tertiary/aromatic N) is 1. The van der Waals surface area contributed by atoms with Gasteiger partial charge in [0.2, 0.25) is 5.91 Å². The van der Waals surface area contributed by atoms with Crippen LogP contribution >= 0.6 is 0 Å². The number of carboxylic acids is 1. The van der Waals surface area contributed by atoms with E-state index in [0.717, 1.165) is 37.0 Å². The molecule has 1 aliphatic heterocycles. The Morgan fingerprint density at radius 2 is 1.66 bits per heavy atom. The van der Waals surface area contributed by atoms with Gasteiger partial charge in [-0.25, -0.2) is 8.42 Å². The number of rotatable bonds is 6. The van der Waals surface area contributed by atoms with Gasteiger partial charge in [-0.2, -0.15) is 0 Å². The maximum Gasteiger partial charge on any atom is 0.306 e. The maximum atomic E-state index is 13.3. The van der Waals surface area contributed by atoms with E-state index in [9.17, 15) is 23.1 Å². The Hall–Kier alpha value is -1.67. The first-order valence-corrected chi connectivity index (χ1v) is 21.1. The molecule has 1 saturated heterocycles. The van der Waals surface area contributed by atoms with Crippen LogP contribution in [0.5, 0.6) is 0 Å². The number of hydrogen-bond donors (Lipinski definition) is 2. The highest BCUT2D eigenvalue weighted by molar-refractivity contribution is 7.91. The van der Waals surface area contributed by atoms with E-state index in [1.165, 1.54) is 75.2 Å². The molecule has 47 heavy (non-hydrogen) atoms. The van der Waals surface area contributed by atoms with Gasteiger partial charge in [0.05, 0.1) is 17.7 Å². The highest BCUT2D eigenvalue weighted by Crippen LogP contribution is 2.70. The molecule has 10 unspecified atom stereocenters. The number of allylic oxidation sites excluding steroid dienone is 4. The summed E-state index contributed by atoms with van der Waals surface area (Å²) in [6.45, 7) is 9.27. The zero-order chi connectivity index (χ0) is 33.4. The molecule has 262 valence electrons. The largest absolute Gasteiger partial charge is 0.481 e. The van der Waals surface area contributed by atoms with E-state index in [1.54, 1.807) is 0 Å². The third-order valence-electron chi connectivity index (χ3n) is 15.8. The monoisotopic (exact) mass is 668 g/mol. The van der Waals surface area contributed by atoms with Crippen LogP contribution in [-0.2, 0) is 19.4 Å². The van der Waals surface area contributed by atoms with Crippen LogP contribution in [0.3, 0.4) is 0 Å². The third-order valence-corrected chi connectivity index (χ3v) is 17.5. The molecule has 6 aliphatic carbocycles. The average Bonchev–Trinajstić information content (AvgIpc) is 3.48. The van der Waals surface area contributed by atoms with Crippen LogP contribution in [0.25, 0.3) is 0 Å². The number of fused-ring (bicyclic) bond motifs is 7. The standard InChI is InChI=1S/C39H60N2O5S/c1-25-29(26-7-9-27(10-8-26)36(43)44)13-19-37(2)31(25)14-20-38(3)32-15-21-39(18-5-6-33(39)30(32)11-12-34(37)38)40-24-35(42)41-22-16-28(17-23-41)47(4,45)46/h7,13,25,27-28,30-34,40H,5-6,8-12,14-24H2,1-4H3,(H,43,44). The molecule has 7 rings (SSSR count). The van der Waals surface area contributed by atoms with Crippen molar-refractivity contribution in [3.05, 3.63) is 23.3 Å². The van der Waals surface area contributed by atoms with Crippen LogP contribution in [-0.4, -0.2) is 67.0 Å². The lowest BCUT2D eigenvalue weighted by Crippen LogP contribution is -2.63. The predicted molar refractivity (Wildman–Crippen MR) is 185 cm³/mol. The molecule has 0 spiro atoms. The Labute approximate surface area is 283 Å². The summed E-state index contributed by atoms with van der Waals surface area (Å²) in [7, 11) is -3.04. The smallest absolute Gasteiger partial charge is 0.306 e. The van der Waals surface area contributed by atoms with Gasteiger partial charge < -0.3 is 15.3 Å². The van der Waals surface area contributed by atoms with E-state index in [-0.39, 0.29) is 22.6 Å². The lowest BCUT2D eigenvalue weighted by molar-refractivity contribution is -0.166. The number of nitrogens with one attached hydrogen (secondary N) is 1. The quantitative estimate of drug-likeness (QED) is 0.323. The lowest BCUT2D eigenvalue weighted by atomic mass is 9.38. The van der Waals surface area contributed by atoms with Crippen LogP contribution in [0.4, 0.5) is 0 Å². The minimum Gasteiger partial charge on any atom is -0.481 e. The zero-order valence-electron chi connectivity index (χ0n) is 29.4. The van der Waals surface area contributed by atoms with Gasteiger partial charge >= 0.3 is 5.97 Å². The molecule has 4 saturated carbocycles. The van der Waals surface area contributed by atoms with Crippen molar-refractivity contribution >= 4 is 21.7 Å². The van der Waals surface area contributed by atoms with Crippen LogP contribution in [0.1, 0.15) is 117 Å². The lowest BCUT2D eigenvalue weighted by Gasteiger charge is -2.67. The summed E-state index contributed by atoms with van der Waals surface area (Å²) in [5, 5.41) is 13.1. The number of hydrogen-bond acceptors (Lipinski definition) is 5. The second-order valence-corrected chi connectivity index (χ2v) is 20.0. The summed E-state index contributed by atoms with van der Waals surface area (Å²) in [6, 6.07) is 0. The fraction of sp³-hybridized carbons (Fsp3) is 0.846. The minimum absolute atomic E-state index is 0.0799. The van der Waals surface area contributed by atoms with E-state index < -0.39 is 15.8 Å². The molecular formula is C39H60N2O5S. The first-order chi connectivity index (χ1) is 22.3. The molecule has 8 heteroatoms. The summed E-state index contributed by atoms with van der Waals surface area (Å²) in [6.07, 6.45) is 22.2. The fourth-order valence-electron chi connectivity index (χ4n) is 13.4. The number of sulfone groups is 1. The van der Waals surface area contributed by atoms with Gasteiger partial charge in [0.25, 0.3) is 0 Å². The zero-order valence-corrected chi connectivity index (χ0v) is 30.3. The summed E-state index contributed by atoms with van der Waals surface area (Å²) >= 11 is 0. The highest BCUT2D eigenvalue weighted by Gasteiger charge is 2.64. The molecule has 7 nitrogen and oxygen atoms in total. The second kappa shape index (κ2) is 12.3. The molecular weight excluding hydrogens is 609 g/mol. The van der Waals surface area contributed by atoms with Crippen molar-refractivity contribution in [3.63, 3.8) is 0 Å². The molecule has 0 aromatic rings. The van der Waals surface area contributed by atoms with Gasteiger partial charge in [-0.15, -0.1) is 0 Å². The average molecular weight is 669 g/mol. The Bertz CT molecular complexity index is 1430. The topological polar surface area (TPSA) is 104 Å². The number of carbonyl (C=O) groups is 2. The minimum atomic E-state index is -3.04. The van der Waals surface area contributed by atoms with E-state index in [4.69, 9.17) is 0 Å². The number of carbonyl (C=O) groups excluding carboxylic acids is 1. The molecule has 1 amide bonds. The van der Waals surface area contributed by atoms with Gasteiger partial charge in [0.15, 0.2) is 0 Å². The molecule has 0 bridgehead atoms. The van der Waals surface area contributed by atoms with Gasteiger partial charge in [-0.1, -0.05) is 39.3 Å². The Balaban J connectivity index is 1.03. The number of carboxylic acid groups (broad SMARTS) is 1. The predicted octanol–water partition coefficient (Wildman–Crippen LogP) is 6.79. The Kier molecular flexibility index (Phi) is 8.83. The van der Waals surface area contributed by atoms with E-state index >= 15 is 0 Å². The summed E-state index contributed by atoms with van der Waals surface area (Å²) < 4.78 is 24.0. The second-order valence-electron chi connectivity index (χ2n) is 17.7. The SMILES string of the molecule is CC1C(C2=CCC(C(=O)O)CC2)=CCC2(C)C1CCC1(C)C3CCC4(NCC(=O)N5CCC(S(C)(=O)=O)CC5)CCCC4C3CCC21. The third kappa shape index (κ3) is 5.67. The molecule has 5 fully saturated rings. The van der Waals surface area contributed by atoms with Crippen molar-refractivity contribution in [2.24, 2.45) is 52.3 Å². The van der Waals surface area contributed by atoms with Crippen molar-refractivity contribution in [1.82, 2.24) is 10.2 Å². The molecule has 0 aromatic heterocycles. The summed E-state index contributed by atoms with van der Waals surface area (Å²) in [5.74, 6) is 3.40. The van der Waals surface area contributed by atoms with Gasteiger partial charge in [0.1, 0.15) is 9.84 Å². The number of piperidine rings is 1. The van der Waals surface area contributed by atoms with Crippen molar-refractivity contribution in [1.29, 1.82) is 0 Å². The van der Waals surface area contributed by atoms with E-state index in [2.05, 4.69) is 38.2 Å². The van der Waals surface area contributed by atoms with Crippen LogP contribution < -0.4 is 5.32 Å². The van der Waals surface area contributed by atoms with Crippen molar-refractivity contribution in [2.45, 2.75) is 128 Å². The summed E-state index contributed by atoms with van der Waals surface area (Å²) in [5.41, 5.74) is 3.73. The Morgan fingerprint density at radius 3 is 2.34 bits per heavy atom. The van der Waals surface area contributed by atoms with Gasteiger partial charge in [-0.05, 0) is 147 Å². The molecule has 10 atom stereocenters. The molecule has 0 radical (unpaired) electrons. The number of amides is 1. The number of likely N-dealkylation sites (tertiary alicyclic amines) is 1. The van der Waals surface area contributed by atoms with E-state index in [0.29, 0.717) is 67.5 Å². The normalized spacial score (nSPS) is 43.9. The molecule has 0 aromatic carbocycles. The first kappa shape index (κ1) is 33.8. The van der Waals surface area contributed by atoms with Crippen LogP contribution in [0, 0.1) is 52.3 Å². The van der Waals surface area contributed by atoms with Gasteiger partial charge in [-0.3, -0.25) is 9.59 Å². The molecule has 1 heterocycles. The highest BCUT2D eigenvalue weighted by atomic mass is 32.2. The molecule has 2 N–H and O–H groups in total. The van der Waals surface area contributed by atoms with Crippen LogP contribution in [0.2, 0.25) is 0 Å². The number of aliphatic carboxylic acids is 1. The fourth-order valence-corrected chi connectivity index (χ4v) is 14.5. The van der Waals surface area contributed by atoms with E-state index in [1.807, 2.05) is 4.90 Å². The van der Waals surface area contributed by atoms with Gasteiger partial charge in [0, 0.05) is 24.9 Å². The van der Waals surface area contributed by atoms with Crippen LogP contribution in [0.15, 0.2) is 23.3 Å². The molecule has 7 aliphatic rings. The first-order valence-electron chi connectivity index (χ1n) is 19.1.